The predicted octanol–water partition coefficient (Wildman–Crippen LogP) is 3.72. The highest BCUT2D eigenvalue weighted by atomic mass is 19.3. The molecule has 0 aromatic heterocycles. The van der Waals surface area contributed by atoms with E-state index < -0.39 is 35.9 Å². The van der Waals surface area contributed by atoms with Crippen molar-refractivity contribution in [1.82, 2.24) is 0 Å². The van der Waals surface area contributed by atoms with Gasteiger partial charge in [-0.25, -0.2) is 8.78 Å². The summed E-state index contributed by atoms with van der Waals surface area (Å²) in [4.78, 5) is 22.6. The molecule has 5 nitrogen and oxygen atoms in total. The molecule has 1 aliphatic rings. The highest BCUT2D eigenvalue weighted by molar-refractivity contribution is 5.84. The lowest BCUT2D eigenvalue weighted by molar-refractivity contribution is -0.137. The molecular formula is C20H32F2O5. The van der Waals surface area contributed by atoms with Gasteiger partial charge in [0.15, 0.2) is 0 Å². The molecule has 156 valence electrons. The first kappa shape index (κ1) is 23.7. The van der Waals surface area contributed by atoms with E-state index in [1.54, 1.807) is 6.08 Å². The van der Waals surface area contributed by atoms with Crippen LogP contribution in [0.3, 0.4) is 0 Å². The minimum Gasteiger partial charge on any atom is -0.481 e. The highest BCUT2D eigenvalue weighted by Gasteiger charge is 2.43. The van der Waals surface area contributed by atoms with Crippen LogP contribution in [-0.4, -0.2) is 45.2 Å². The smallest absolute Gasteiger partial charge is 0.303 e. The largest absolute Gasteiger partial charge is 0.481 e. The van der Waals surface area contributed by atoms with Crippen LogP contribution in [-0.2, 0) is 9.59 Å². The van der Waals surface area contributed by atoms with Crippen LogP contribution >= 0.6 is 0 Å². The van der Waals surface area contributed by atoms with Crippen molar-refractivity contribution in [2.75, 3.05) is 0 Å². The molecule has 3 N–H and O–H groups in total. The molecule has 0 saturated heterocycles. The molecular weight excluding hydrogens is 358 g/mol. The second-order valence-corrected chi connectivity index (χ2v) is 7.46. The number of carbonyl (C=O) groups excluding carboxylic acids is 1. The number of carbonyl (C=O) groups is 2. The van der Waals surface area contributed by atoms with Gasteiger partial charge in [-0.2, -0.15) is 0 Å². The van der Waals surface area contributed by atoms with Crippen molar-refractivity contribution in [2.45, 2.75) is 89.3 Å². The summed E-state index contributed by atoms with van der Waals surface area (Å²) >= 11 is 0. The van der Waals surface area contributed by atoms with Gasteiger partial charge in [0.25, 0.3) is 5.92 Å². The second kappa shape index (κ2) is 11.5. The van der Waals surface area contributed by atoms with Crippen molar-refractivity contribution >= 4 is 11.8 Å². The first-order valence-corrected chi connectivity index (χ1v) is 9.82. The molecule has 0 heterocycles. The topological polar surface area (TPSA) is 94.8 Å². The SMILES string of the molecule is CCCCC(F)(F)[C@H](O)CCC1[C@H](O)CC(=O)[C@@H]1C/C=C/CCCC(=O)O. The van der Waals surface area contributed by atoms with Crippen molar-refractivity contribution in [1.29, 1.82) is 0 Å². The lowest BCUT2D eigenvalue weighted by Crippen LogP contribution is -2.34. The summed E-state index contributed by atoms with van der Waals surface area (Å²) in [7, 11) is 0. The Balaban J connectivity index is 2.52. The summed E-state index contributed by atoms with van der Waals surface area (Å²) in [5.41, 5.74) is 0. The average Bonchev–Trinajstić information content (AvgIpc) is 2.86. The molecule has 0 radical (unpaired) electrons. The van der Waals surface area contributed by atoms with Crippen molar-refractivity contribution < 1.29 is 33.7 Å². The summed E-state index contributed by atoms with van der Waals surface area (Å²) in [6.45, 7) is 1.81. The van der Waals surface area contributed by atoms with Crippen LogP contribution in [0.2, 0.25) is 0 Å². The fourth-order valence-electron chi connectivity index (χ4n) is 3.59. The number of halogens is 2. The summed E-state index contributed by atoms with van der Waals surface area (Å²) in [5, 5.41) is 28.5. The van der Waals surface area contributed by atoms with Gasteiger partial charge >= 0.3 is 5.97 Å². The van der Waals surface area contributed by atoms with E-state index in [1.165, 1.54) is 0 Å². The molecule has 0 amide bonds. The Labute approximate surface area is 159 Å². The van der Waals surface area contributed by atoms with E-state index >= 15 is 0 Å². The fraction of sp³-hybridized carbons (Fsp3) is 0.800. The Kier molecular flexibility index (Phi) is 10.1. The van der Waals surface area contributed by atoms with E-state index in [1.807, 2.05) is 13.0 Å². The Morgan fingerprint density at radius 1 is 1.33 bits per heavy atom. The predicted molar refractivity (Wildman–Crippen MR) is 97.6 cm³/mol. The van der Waals surface area contributed by atoms with E-state index in [-0.39, 0.29) is 37.9 Å². The number of aliphatic carboxylic acids is 1. The minimum absolute atomic E-state index is 0.0184. The van der Waals surface area contributed by atoms with Crippen LogP contribution < -0.4 is 0 Å². The zero-order valence-electron chi connectivity index (χ0n) is 15.9. The molecule has 0 aliphatic heterocycles. The third kappa shape index (κ3) is 8.05. The summed E-state index contributed by atoms with van der Waals surface area (Å²) in [5.74, 6) is -4.96. The van der Waals surface area contributed by atoms with E-state index in [9.17, 15) is 28.6 Å². The monoisotopic (exact) mass is 390 g/mol. The van der Waals surface area contributed by atoms with Crippen LogP contribution in [0.5, 0.6) is 0 Å². The Bertz CT molecular complexity index is 507. The molecule has 0 aromatic rings. The first-order valence-electron chi connectivity index (χ1n) is 9.82. The number of aliphatic hydroxyl groups is 2. The molecule has 1 aliphatic carbocycles. The van der Waals surface area contributed by atoms with Crippen LogP contribution in [0.25, 0.3) is 0 Å². The molecule has 1 unspecified atom stereocenters. The van der Waals surface area contributed by atoms with Gasteiger partial charge in [0.05, 0.1) is 6.10 Å². The number of allylic oxidation sites excluding steroid dienone is 2. The van der Waals surface area contributed by atoms with Crippen LogP contribution in [0.1, 0.15) is 71.1 Å². The third-order valence-corrected chi connectivity index (χ3v) is 5.28. The molecule has 7 heteroatoms. The van der Waals surface area contributed by atoms with E-state index in [0.717, 1.165) is 0 Å². The maximum Gasteiger partial charge on any atom is 0.303 e. The summed E-state index contributed by atoms with van der Waals surface area (Å²) < 4.78 is 27.8. The average molecular weight is 390 g/mol. The Morgan fingerprint density at radius 3 is 2.67 bits per heavy atom. The normalized spacial score (nSPS) is 24.6. The molecule has 1 saturated carbocycles. The molecule has 0 bridgehead atoms. The Morgan fingerprint density at radius 2 is 2.04 bits per heavy atom. The minimum atomic E-state index is -3.15. The first-order chi connectivity index (χ1) is 12.7. The summed E-state index contributed by atoms with van der Waals surface area (Å²) in [6.07, 6.45) is 3.20. The Hall–Kier alpha value is -1.34. The number of hydrogen-bond donors (Lipinski definition) is 3. The van der Waals surface area contributed by atoms with Gasteiger partial charge in [0, 0.05) is 25.2 Å². The quantitative estimate of drug-likeness (QED) is 0.329. The number of aliphatic hydroxyl groups excluding tert-OH is 2. The standard InChI is InChI=1S/C20H32F2O5/c1-2-3-12-20(21,22)18(25)11-10-15-14(16(23)13-17(15)24)8-6-4-5-7-9-19(26)27/h4,6,14-15,17-18,24-25H,2-3,5,7-13H2,1H3,(H,26,27)/b6-4+/t14-,15?,17-,18-/m1/s1. The van der Waals surface area contributed by atoms with Gasteiger partial charge in [0.1, 0.15) is 11.9 Å². The zero-order valence-corrected chi connectivity index (χ0v) is 15.9. The second-order valence-electron chi connectivity index (χ2n) is 7.46. The van der Waals surface area contributed by atoms with Gasteiger partial charge in [-0.15, -0.1) is 0 Å². The van der Waals surface area contributed by atoms with Gasteiger partial charge in [-0.3, -0.25) is 9.59 Å². The van der Waals surface area contributed by atoms with Crippen LogP contribution in [0.4, 0.5) is 8.78 Å². The number of rotatable bonds is 13. The van der Waals surface area contributed by atoms with E-state index in [4.69, 9.17) is 5.11 Å². The number of Topliss-reactive ketones (excluding diaryl/α,β-unsaturated/α-hetero) is 1. The van der Waals surface area contributed by atoms with Gasteiger partial charge < -0.3 is 15.3 Å². The van der Waals surface area contributed by atoms with Crippen molar-refractivity contribution in [3.05, 3.63) is 12.2 Å². The fourth-order valence-corrected chi connectivity index (χ4v) is 3.59. The maximum atomic E-state index is 13.9. The number of hydrogen-bond acceptors (Lipinski definition) is 4. The molecule has 0 aromatic carbocycles. The maximum absolute atomic E-state index is 13.9. The third-order valence-electron chi connectivity index (χ3n) is 5.28. The van der Waals surface area contributed by atoms with Crippen LogP contribution in [0, 0.1) is 11.8 Å². The lowest BCUT2D eigenvalue weighted by Gasteiger charge is -2.26. The zero-order chi connectivity index (χ0) is 20.4. The van der Waals surface area contributed by atoms with E-state index in [0.29, 0.717) is 32.1 Å². The number of carboxylic acid groups (broad SMARTS) is 1. The summed E-state index contributed by atoms with van der Waals surface area (Å²) in [6, 6.07) is 0. The van der Waals surface area contributed by atoms with Crippen LogP contribution in [0.15, 0.2) is 12.2 Å². The van der Waals surface area contributed by atoms with Gasteiger partial charge in [0.2, 0.25) is 0 Å². The lowest BCUT2D eigenvalue weighted by atomic mass is 9.85. The molecule has 0 spiro atoms. The number of ketones is 1. The van der Waals surface area contributed by atoms with E-state index in [2.05, 4.69) is 0 Å². The number of carboxylic acids is 1. The number of unbranched alkanes of at least 4 members (excludes halogenated alkanes) is 2. The van der Waals surface area contributed by atoms with Crippen molar-refractivity contribution in [3.8, 4) is 0 Å². The van der Waals surface area contributed by atoms with Crippen molar-refractivity contribution in [3.63, 3.8) is 0 Å². The van der Waals surface area contributed by atoms with Gasteiger partial charge in [-0.1, -0.05) is 25.5 Å². The molecule has 27 heavy (non-hydrogen) atoms. The number of alkyl halides is 2. The molecule has 4 atom stereocenters. The molecule has 1 fully saturated rings. The van der Waals surface area contributed by atoms with Gasteiger partial charge in [-0.05, 0) is 44.4 Å². The highest BCUT2D eigenvalue weighted by Crippen LogP contribution is 2.37. The molecule has 1 rings (SSSR count). The van der Waals surface area contributed by atoms with Crippen molar-refractivity contribution in [2.24, 2.45) is 11.8 Å².